The molecule has 0 heterocycles. The number of carboxylic acid groups (broad SMARTS) is 2. The van der Waals surface area contributed by atoms with Crippen molar-refractivity contribution in [1.29, 1.82) is 0 Å². The Kier molecular flexibility index (Phi) is 11.4. The van der Waals surface area contributed by atoms with Crippen molar-refractivity contribution in [2.75, 3.05) is 0 Å². The number of aromatic hydroxyl groups is 1. The van der Waals surface area contributed by atoms with Crippen LogP contribution in [0.25, 0.3) is 0 Å². The van der Waals surface area contributed by atoms with Crippen LogP contribution < -0.4 is 21.7 Å². The van der Waals surface area contributed by atoms with E-state index in [2.05, 4.69) is 16.0 Å². The molecule has 2 aromatic carbocycles. The maximum atomic E-state index is 12.9. The summed E-state index contributed by atoms with van der Waals surface area (Å²) in [5.74, 6) is -5.77. The van der Waals surface area contributed by atoms with Gasteiger partial charge >= 0.3 is 11.9 Å². The predicted octanol–water partition coefficient (Wildman–Crippen LogP) is -1.10. The second kappa shape index (κ2) is 14.4. The molecule has 5 unspecified atom stereocenters. The van der Waals surface area contributed by atoms with Crippen molar-refractivity contribution >= 4 is 29.7 Å². The average Bonchev–Trinajstić information content (AvgIpc) is 2.87. The summed E-state index contributed by atoms with van der Waals surface area (Å²) < 4.78 is 0. The molecule has 210 valence electrons. The molecule has 0 aliphatic heterocycles. The quantitative estimate of drug-likeness (QED) is 0.143. The minimum atomic E-state index is -1.71. The first-order valence-corrected chi connectivity index (χ1v) is 12.0. The van der Waals surface area contributed by atoms with Crippen LogP contribution in [0.2, 0.25) is 0 Å². The number of carbonyl (C=O) groups excluding carboxylic acids is 3. The summed E-state index contributed by atoms with van der Waals surface area (Å²) in [7, 11) is 0. The Morgan fingerprint density at radius 1 is 0.769 bits per heavy atom. The number of nitrogens with one attached hydrogen (secondary N) is 3. The van der Waals surface area contributed by atoms with E-state index in [1.807, 2.05) is 0 Å². The molecule has 0 fully saturated rings. The van der Waals surface area contributed by atoms with E-state index < -0.39 is 66.4 Å². The summed E-state index contributed by atoms with van der Waals surface area (Å²) in [5, 5.41) is 45.0. The molecule has 0 aliphatic carbocycles. The Morgan fingerprint density at radius 2 is 1.33 bits per heavy atom. The van der Waals surface area contributed by atoms with E-state index in [-0.39, 0.29) is 18.6 Å². The zero-order chi connectivity index (χ0) is 29.1. The van der Waals surface area contributed by atoms with E-state index in [9.17, 15) is 44.4 Å². The van der Waals surface area contributed by atoms with E-state index in [1.54, 1.807) is 42.5 Å². The number of hydrogen-bond donors (Lipinski definition) is 8. The second-order valence-corrected chi connectivity index (χ2v) is 8.95. The minimum Gasteiger partial charge on any atom is -0.508 e. The SMILES string of the molecule is CC(O)C(NC(=O)C(N)Cc1ccc(O)cc1)C(=O)NC(CC(=O)O)C(=O)NC(Cc1ccccc1)C(=O)O. The fraction of sp³-hybridized carbons (Fsp3) is 0.346. The molecule has 0 saturated heterocycles. The molecule has 39 heavy (non-hydrogen) atoms. The summed E-state index contributed by atoms with van der Waals surface area (Å²) in [6.45, 7) is 1.20. The highest BCUT2D eigenvalue weighted by molar-refractivity contribution is 5.95. The lowest BCUT2D eigenvalue weighted by Gasteiger charge is -2.26. The van der Waals surface area contributed by atoms with Crippen molar-refractivity contribution < 1.29 is 44.4 Å². The smallest absolute Gasteiger partial charge is 0.326 e. The number of nitrogens with two attached hydrogens (primary N) is 1. The Hall–Kier alpha value is -4.49. The standard InChI is InChI=1S/C26H32N4O9/c1-14(31)22(30-23(35)18(27)11-16-7-9-17(32)10-8-16)25(37)28-19(13-21(33)34)24(36)29-20(26(38)39)12-15-5-3-2-4-6-15/h2-10,14,18-20,22,31-32H,11-13,27H2,1H3,(H,28,37)(H,29,36)(H,30,35)(H,33,34)(H,38,39). The number of rotatable bonds is 14. The summed E-state index contributed by atoms with van der Waals surface area (Å²) in [6.07, 6.45) is -2.41. The van der Waals surface area contributed by atoms with E-state index in [1.165, 1.54) is 19.1 Å². The monoisotopic (exact) mass is 544 g/mol. The van der Waals surface area contributed by atoms with Gasteiger partial charge in [-0.25, -0.2) is 4.79 Å². The van der Waals surface area contributed by atoms with Gasteiger partial charge in [-0.15, -0.1) is 0 Å². The fourth-order valence-electron chi connectivity index (χ4n) is 3.61. The van der Waals surface area contributed by atoms with Crippen LogP contribution in [0, 0.1) is 0 Å². The molecular formula is C26H32N4O9. The number of carbonyl (C=O) groups is 5. The lowest BCUT2D eigenvalue weighted by atomic mass is 10.0. The molecule has 3 amide bonds. The van der Waals surface area contributed by atoms with Crippen LogP contribution in [0.5, 0.6) is 5.75 Å². The first-order valence-electron chi connectivity index (χ1n) is 12.0. The van der Waals surface area contributed by atoms with Crippen molar-refractivity contribution in [3.05, 3.63) is 65.7 Å². The van der Waals surface area contributed by atoms with Crippen LogP contribution in [-0.2, 0) is 36.8 Å². The highest BCUT2D eigenvalue weighted by Gasteiger charge is 2.33. The van der Waals surface area contributed by atoms with Crippen LogP contribution in [0.1, 0.15) is 24.5 Å². The third-order valence-corrected chi connectivity index (χ3v) is 5.70. The number of amides is 3. The number of hydrogen-bond acceptors (Lipinski definition) is 8. The van der Waals surface area contributed by atoms with Crippen LogP contribution in [0.3, 0.4) is 0 Å². The van der Waals surface area contributed by atoms with Crippen molar-refractivity contribution in [3.63, 3.8) is 0 Å². The zero-order valence-corrected chi connectivity index (χ0v) is 21.1. The number of aliphatic hydroxyl groups excluding tert-OH is 1. The Balaban J connectivity index is 2.10. The van der Waals surface area contributed by atoms with Crippen molar-refractivity contribution in [3.8, 4) is 5.75 Å². The molecule has 13 heteroatoms. The van der Waals surface area contributed by atoms with Crippen molar-refractivity contribution in [2.24, 2.45) is 5.73 Å². The molecule has 0 bridgehead atoms. The summed E-state index contributed by atoms with van der Waals surface area (Å²) in [5.41, 5.74) is 7.13. The van der Waals surface area contributed by atoms with Gasteiger partial charge in [-0.2, -0.15) is 0 Å². The zero-order valence-electron chi connectivity index (χ0n) is 21.1. The van der Waals surface area contributed by atoms with Crippen LogP contribution in [0.15, 0.2) is 54.6 Å². The molecule has 5 atom stereocenters. The third-order valence-electron chi connectivity index (χ3n) is 5.70. The lowest BCUT2D eigenvalue weighted by Crippen LogP contribution is -2.60. The predicted molar refractivity (Wildman–Crippen MR) is 137 cm³/mol. The van der Waals surface area contributed by atoms with E-state index in [4.69, 9.17) is 5.73 Å². The first-order chi connectivity index (χ1) is 18.4. The molecule has 0 spiro atoms. The molecule has 2 rings (SSSR count). The van der Waals surface area contributed by atoms with Crippen molar-refractivity contribution in [2.45, 2.75) is 56.5 Å². The Bertz CT molecular complexity index is 1160. The van der Waals surface area contributed by atoms with Gasteiger partial charge in [0.25, 0.3) is 0 Å². The van der Waals surface area contributed by atoms with Gasteiger partial charge in [-0.05, 0) is 36.6 Å². The summed E-state index contributed by atoms with van der Waals surface area (Å²) in [4.78, 5) is 61.4. The van der Waals surface area contributed by atoms with Crippen LogP contribution >= 0.6 is 0 Å². The number of aliphatic hydroxyl groups is 1. The van der Waals surface area contributed by atoms with Crippen LogP contribution in [0.4, 0.5) is 0 Å². The molecular weight excluding hydrogens is 512 g/mol. The highest BCUT2D eigenvalue weighted by Crippen LogP contribution is 2.11. The summed E-state index contributed by atoms with van der Waals surface area (Å²) in [6, 6.07) is 8.46. The number of benzene rings is 2. The number of phenols is 1. The Labute approximate surface area is 224 Å². The molecule has 0 radical (unpaired) electrons. The number of phenolic OH excluding ortho intramolecular Hbond substituents is 1. The van der Waals surface area contributed by atoms with Crippen LogP contribution in [-0.4, -0.2) is 80.4 Å². The normalized spacial score (nSPS) is 14.6. The summed E-state index contributed by atoms with van der Waals surface area (Å²) >= 11 is 0. The topological polar surface area (TPSA) is 228 Å². The molecule has 0 saturated carbocycles. The van der Waals surface area contributed by atoms with E-state index in [0.717, 1.165) is 0 Å². The van der Waals surface area contributed by atoms with Gasteiger partial charge in [0.05, 0.1) is 18.6 Å². The van der Waals surface area contributed by atoms with E-state index in [0.29, 0.717) is 11.1 Å². The van der Waals surface area contributed by atoms with Gasteiger partial charge in [0.1, 0.15) is 23.9 Å². The number of carboxylic acids is 2. The maximum Gasteiger partial charge on any atom is 0.326 e. The van der Waals surface area contributed by atoms with Crippen molar-refractivity contribution in [1.82, 2.24) is 16.0 Å². The molecule has 0 aliphatic rings. The highest BCUT2D eigenvalue weighted by atomic mass is 16.4. The average molecular weight is 545 g/mol. The largest absolute Gasteiger partial charge is 0.508 e. The second-order valence-electron chi connectivity index (χ2n) is 8.95. The number of aliphatic carboxylic acids is 2. The fourth-order valence-corrected chi connectivity index (χ4v) is 3.61. The van der Waals surface area contributed by atoms with Gasteiger partial charge in [-0.1, -0.05) is 42.5 Å². The van der Waals surface area contributed by atoms with Gasteiger partial charge in [0, 0.05) is 6.42 Å². The van der Waals surface area contributed by atoms with Gasteiger partial charge in [0.15, 0.2) is 0 Å². The lowest BCUT2D eigenvalue weighted by molar-refractivity contribution is -0.143. The maximum absolute atomic E-state index is 12.9. The third kappa shape index (κ3) is 10.1. The van der Waals surface area contributed by atoms with Gasteiger partial charge in [-0.3, -0.25) is 19.2 Å². The minimum absolute atomic E-state index is 0.0253. The molecule has 0 aromatic heterocycles. The van der Waals surface area contributed by atoms with Gasteiger partial charge < -0.3 is 42.1 Å². The van der Waals surface area contributed by atoms with E-state index >= 15 is 0 Å². The van der Waals surface area contributed by atoms with Gasteiger partial charge in [0.2, 0.25) is 17.7 Å². The molecule has 13 nitrogen and oxygen atoms in total. The molecule has 9 N–H and O–H groups in total. The molecule has 2 aromatic rings. The first kappa shape index (κ1) is 30.7. The Morgan fingerprint density at radius 3 is 1.87 bits per heavy atom.